The van der Waals surface area contributed by atoms with E-state index in [1.54, 1.807) is 12.5 Å². The molecular weight excluding hydrogens is 372 g/mol. The first-order chi connectivity index (χ1) is 13.6. The minimum Gasteiger partial charge on any atom is -0.361 e. The molecule has 28 heavy (non-hydrogen) atoms. The van der Waals surface area contributed by atoms with Crippen LogP contribution < -0.4 is 15.5 Å². The molecule has 2 amide bonds. The third-order valence-corrected chi connectivity index (χ3v) is 5.12. The van der Waals surface area contributed by atoms with Gasteiger partial charge in [-0.3, -0.25) is 0 Å². The molecule has 0 bridgehead atoms. The van der Waals surface area contributed by atoms with E-state index >= 15 is 0 Å². The van der Waals surface area contributed by atoms with Gasteiger partial charge < -0.3 is 15.5 Å². The van der Waals surface area contributed by atoms with Gasteiger partial charge in [0.1, 0.15) is 17.0 Å². The summed E-state index contributed by atoms with van der Waals surface area (Å²) in [6.07, 6.45) is 3.33. The normalized spacial score (nSPS) is 11.8. The SMILES string of the molecule is CN(C)c1ncnc2c1N=Cc1cc(NC(=O)Nc3ccccc3)ccc1S2. The van der Waals surface area contributed by atoms with Crippen LogP contribution in [0, 0.1) is 0 Å². The maximum Gasteiger partial charge on any atom is 0.323 e. The summed E-state index contributed by atoms with van der Waals surface area (Å²) in [6.45, 7) is 0. The molecule has 1 aromatic heterocycles. The molecule has 2 heterocycles. The summed E-state index contributed by atoms with van der Waals surface area (Å²) >= 11 is 1.53. The first kappa shape index (κ1) is 18.0. The number of para-hydroxylation sites is 1. The number of aliphatic imine (C=N–C) groups is 1. The minimum absolute atomic E-state index is 0.298. The van der Waals surface area contributed by atoms with Gasteiger partial charge in [0.25, 0.3) is 0 Å². The summed E-state index contributed by atoms with van der Waals surface area (Å²) in [5, 5.41) is 6.46. The number of anilines is 3. The summed E-state index contributed by atoms with van der Waals surface area (Å²) in [6, 6.07) is 14.7. The maximum atomic E-state index is 12.2. The van der Waals surface area contributed by atoms with Gasteiger partial charge in [-0.25, -0.2) is 19.8 Å². The van der Waals surface area contributed by atoms with Gasteiger partial charge >= 0.3 is 6.03 Å². The molecule has 7 nitrogen and oxygen atoms in total. The van der Waals surface area contributed by atoms with Crippen molar-refractivity contribution in [3.05, 3.63) is 60.4 Å². The fourth-order valence-corrected chi connectivity index (χ4v) is 3.66. The van der Waals surface area contributed by atoms with Gasteiger partial charge in [0.05, 0.1) is 0 Å². The van der Waals surface area contributed by atoms with Crippen molar-refractivity contribution in [3.63, 3.8) is 0 Å². The number of hydrogen-bond acceptors (Lipinski definition) is 6. The number of benzene rings is 2. The van der Waals surface area contributed by atoms with Gasteiger partial charge in [-0.15, -0.1) is 0 Å². The lowest BCUT2D eigenvalue weighted by molar-refractivity contribution is 0.262. The molecule has 0 saturated heterocycles. The Labute approximate surface area is 166 Å². The van der Waals surface area contributed by atoms with E-state index in [1.807, 2.05) is 67.5 Å². The number of carbonyl (C=O) groups is 1. The molecule has 0 aliphatic carbocycles. The van der Waals surface area contributed by atoms with Crippen LogP contribution in [0.5, 0.6) is 0 Å². The number of hydrogen-bond donors (Lipinski definition) is 2. The van der Waals surface area contributed by atoms with Crippen LogP contribution in [-0.4, -0.2) is 36.3 Å². The number of fused-ring (bicyclic) bond motifs is 2. The number of carbonyl (C=O) groups excluding carboxylic acids is 1. The molecule has 140 valence electrons. The van der Waals surface area contributed by atoms with Crippen LogP contribution in [-0.2, 0) is 0 Å². The molecule has 8 heteroatoms. The zero-order valence-electron chi connectivity index (χ0n) is 15.4. The zero-order valence-corrected chi connectivity index (χ0v) is 16.2. The Kier molecular flexibility index (Phi) is 4.94. The average Bonchev–Trinajstić information content (AvgIpc) is 2.87. The van der Waals surface area contributed by atoms with Crippen LogP contribution >= 0.6 is 11.8 Å². The molecule has 3 aromatic rings. The van der Waals surface area contributed by atoms with E-state index in [4.69, 9.17) is 0 Å². The van der Waals surface area contributed by atoms with Gasteiger partial charge in [0.2, 0.25) is 0 Å². The second-order valence-electron chi connectivity index (χ2n) is 6.30. The molecule has 0 radical (unpaired) electrons. The predicted molar refractivity (Wildman–Crippen MR) is 113 cm³/mol. The first-order valence-electron chi connectivity index (χ1n) is 8.61. The van der Waals surface area contributed by atoms with E-state index in [2.05, 4.69) is 25.6 Å². The highest BCUT2D eigenvalue weighted by atomic mass is 32.2. The molecule has 1 aliphatic rings. The number of amides is 2. The van der Waals surface area contributed by atoms with Crippen molar-refractivity contribution in [1.82, 2.24) is 9.97 Å². The summed E-state index contributed by atoms with van der Waals surface area (Å²) in [7, 11) is 3.85. The molecule has 0 spiro atoms. The highest BCUT2D eigenvalue weighted by Crippen LogP contribution is 2.41. The molecular formula is C20H18N6OS. The van der Waals surface area contributed by atoms with Crippen LogP contribution in [0.2, 0.25) is 0 Å². The van der Waals surface area contributed by atoms with Crippen molar-refractivity contribution in [2.75, 3.05) is 29.6 Å². The third kappa shape index (κ3) is 3.81. The number of nitrogens with one attached hydrogen (secondary N) is 2. The standard InChI is InChI=1S/C20H18N6OS/c1-26(2)18-17-19(23-12-22-18)28-16-9-8-15(10-13(16)11-21-17)25-20(27)24-14-6-4-3-5-7-14/h3-12H,1-2H3,(H2,24,25,27). The van der Waals surface area contributed by atoms with E-state index in [-0.39, 0.29) is 6.03 Å². The Balaban J connectivity index is 1.56. The molecule has 2 N–H and O–H groups in total. The Morgan fingerprint density at radius 2 is 1.79 bits per heavy atom. The summed E-state index contributed by atoms with van der Waals surface area (Å²) < 4.78 is 0. The van der Waals surface area contributed by atoms with Gasteiger partial charge in [0.15, 0.2) is 5.82 Å². The van der Waals surface area contributed by atoms with E-state index < -0.39 is 0 Å². The summed E-state index contributed by atoms with van der Waals surface area (Å²) in [5.74, 6) is 0.766. The van der Waals surface area contributed by atoms with Crippen molar-refractivity contribution in [2.45, 2.75) is 9.92 Å². The van der Waals surface area contributed by atoms with E-state index in [9.17, 15) is 4.79 Å². The number of nitrogens with zero attached hydrogens (tertiary/aromatic N) is 4. The minimum atomic E-state index is -0.298. The van der Waals surface area contributed by atoms with E-state index in [0.29, 0.717) is 5.69 Å². The van der Waals surface area contributed by atoms with Crippen LogP contribution in [0.4, 0.5) is 27.7 Å². The van der Waals surface area contributed by atoms with Gasteiger partial charge in [-0.2, -0.15) is 0 Å². The van der Waals surface area contributed by atoms with E-state index in [1.165, 1.54) is 11.8 Å². The average molecular weight is 390 g/mol. The molecule has 2 aromatic carbocycles. The zero-order chi connectivity index (χ0) is 19.5. The smallest absolute Gasteiger partial charge is 0.323 e. The maximum absolute atomic E-state index is 12.2. The van der Waals surface area contributed by atoms with Crippen LogP contribution in [0.25, 0.3) is 0 Å². The Morgan fingerprint density at radius 3 is 2.57 bits per heavy atom. The predicted octanol–water partition coefficient (Wildman–Crippen LogP) is 4.40. The topological polar surface area (TPSA) is 82.5 Å². The quantitative estimate of drug-likeness (QED) is 0.507. The lowest BCUT2D eigenvalue weighted by atomic mass is 10.2. The molecule has 0 saturated carbocycles. The highest BCUT2D eigenvalue weighted by Gasteiger charge is 2.18. The van der Waals surface area contributed by atoms with Crippen LogP contribution in [0.3, 0.4) is 0 Å². The van der Waals surface area contributed by atoms with Gasteiger partial charge in [-0.05, 0) is 30.3 Å². The summed E-state index contributed by atoms with van der Waals surface area (Å²) in [5.41, 5.74) is 3.07. The molecule has 0 unspecified atom stereocenters. The van der Waals surface area contributed by atoms with Crippen LogP contribution in [0.15, 0.2) is 69.8 Å². The Morgan fingerprint density at radius 1 is 1.00 bits per heavy atom. The highest BCUT2D eigenvalue weighted by molar-refractivity contribution is 7.99. The number of rotatable bonds is 3. The fourth-order valence-electron chi connectivity index (χ4n) is 2.74. The number of aromatic nitrogens is 2. The van der Waals surface area contributed by atoms with Crippen LogP contribution in [0.1, 0.15) is 5.56 Å². The molecule has 4 rings (SSSR count). The van der Waals surface area contributed by atoms with Crippen molar-refractivity contribution < 1.29 is 4.79 Å². The first-order valence-corrected chi connectivity index (χ1v) is 9.43. The van der Waals surface area contributed by atoms with Gasteiger partial charge in [0, 0.05) is 42.1 Å². The van der Waals surface area contributed by atoms with Crippen molar-refractivity contribution in [3.8, 4) is 0 Å². The van der Waals surface area contributed by atoms with Crippen molar-refractivity contribution in [1.29, 1.82) is 0 Å². The second kappa shape index (κ2) is 7.69. The Hall–Kier alpha value is -3.39. The molecule has 0 atom stereocenters. The Bertz CT molecular complexity index is 1050. The van der Waals surface area contributed by atoms with Crippen molar-refractivity contribution >= 4 is 46.9 Å². The largest absolute Gasteiger partial charge is 0.361 e. The lowest BCUT2D eigenvalue weighted by Crippen LogP contribution is -2.19. The third-order valence-electron chi connectivity index (χ3n) is 4.03. The second-order valence-corrected chi connectivity index (χ2v) is 7.33. The van der Waals surface area contributed by atoms with E-state index in [0.717, 1.165) is 32.7 Å². The van der Waals surface area contributed by atoms with Crippen molar-refractivity contribution in [2.24, 2.45) is 4.99 Å². The fraction of sp³-hybridized carbons (Fsp3) is 0.100. The lowest BCUT2D eigenvalue weighted by Gasteiger charge is -2.14. The van der Waals surface area contributed by atoms with Gasteiger partial charge in [-0.1, -0.05) is 30.0 Å². The monoisotopic (exact) mass is 390 g/mol. The molecule has 1 aliphatic heterocycles. The summed E-state index contributed by atoms with van der Waals surface area (Å²) in [4.78, 5) is 28.4. The number of urea groups is 1. The molecule has 0 fully saturated rings.